The van der Waals surface area contributed by atoms with E-state index in [1.165, 1.54) is 5.06 Å². The number of hydroxylamine groups is 2. The smallest absolute Gasteiger partial charge is 0.279 e. The van der Waals surface area contributed by atoms with Crippen molar-refractivity contribution in [1.29, 1.82) is 0 Å². The van der Waals surface area contributed by atoms with Crippen LogP contribution in [0.4, 0.5) is 0 Å². The summed E-state index contributed by atoms with van der Waals surface area (Å²) in [7, 11) is 1.57. The van der Waals surface area contributed by atoms with Gasteiger partial charge < -0.3 is 4.74 Å². The molecule has 0 unspecified atom stereocenters. The van der Waals surface area contributed by atoms with Crippen LogP contribution >= 0.6 is 0 Å². The van der Waals surface area contributed by atoms with E-state index in [1.54, 1.807) is 19.2 Å². The Morgan fingerprint density at radius 3 is 2.87 bits per heavy atom. The molecule has 15 heavy (non-hydrogen) atoms. The lowest BCUT2D eigenvalue weighted by molar-refractivity contribution is -0.152. The molecule has 1 aromatic carbocycles. The summed E-state index contributed by atoms with van der Waals surface area (Å²) in [5, 5.41) is 1.30. The van der Waals surface area contributed by atoms with Crippen LogP contribution in [0.3, 0.4) is 0 Å². The average Bonchev–Trinajstić information content (AvgIpc) is 2.77. The average molecular weight is 207 g/mol. The van der Waals surface area contributed by atoms with Crippen molar-refractivity contribution in [2.24, 2.45) is 0 Å². The van der Waals surface area contributed by atoms with Gasteiger partial charge in [-0.25, -0.2) is 0 Å². The van der Waals surface area contributed by atoms with Crippen LogP contribution < -0.4 is 0 Å². The SMILES string of the molecule is CO[C@@H]1CCON1C(=O)c1ccccc1. The second-order valence-corrected chi connectivity index (χ2v) is 3.31. The molecular formula is C11H13NO3. The van der Waals surface area contributed by atoms with Crippen molar-refractivity contribution in [3.05, 3.63) is 35.9 Å². The molecule has 1 fully saturated rings. The zero-order valence-corrected chi connectivity index (χ0v) is 8.55. The largest absolute Gasteiger partial charge is 0.359 e. The fraction of sp³-hybridized carbons (Fsp3) is 0.364. The minimum absolute atomic E-state index is 0.153. The first-order chi connectivity index (χ1) is 7.33. The molecule has 0 aliphatic carbocycles. The number of rotatable bonds is 2. The van der Waals surface area contributed by atoms with E-state index in [2.05, 4.69) is 0 Å². The second-order valence-electron chi connectivity index (χ2n) is 3.31. The summed E-state index contributed by atoms with van der Waals surface area (Å²) in [4.78, 5) is 17.2. The molecule has 1 amide bonds. The fourth-order valence-corrected chi connectivity index (χ4v) is 1.56. The lowest BCUT2D eigenvalue weighted by Gasteiger charge is -2.20. The van der Waals surface area contributed by atoms with Crippen LogP contribution in [0.2, 0.25) is 0 Å². The van der Waals surface area contributed by atoms with E-state index < -0.39 is 0 Å². The third-order valence-corrected chi connectivity index (χ3v) is 2.35. The molecule has 4 heteroatoms. The van der Waals surface area contributed by atoms with Gasteiger partial charge in [-0.3, -0.25) is 9.63 Å². The highest BCUT2D eigenvalue weighted by molar-refractivity contribution is 5.93. The molecule has 1 aromatic rings. The number of benzene rings is 1. The number of hydrogen-bond acceptors (Lipinski definition) is 3. The van der Waals surface area contributed by atoms with Crippen LogP contribution in [-0.4, -0.2) is 30.9 Å². The molecule has 1 aliphatic heterocycles. The van der Waals surface area contributed by atoms with Crippen LogP contribution in [-0.2, 0) is 9.57 Å². The van der Waals surface area contributed by atoms with Gasteiger partial charge in [-0.1, -0.05) is 18.2 Å². The summed E-state index contributed by atoms with van der Waals surface area (Å²) >= 11 is 0. The van der Waals surface area contributed by atoms with Crippen molar-refractivity contribution >= 4 is 5.91 Å². The standard InChI is InChI=1S/C11H13NO3/c1-14-10-7-8-15-12(10)11(13)9-5-3-2-4-6-9/h2-6,10H,7-8H2,1H3/t10-/m1/s1. The molecule has 1 atom stereocenters. The third kappa shape index (κ3) is 2.00. The van der Waals surface area contributed by atoms with E-state index >= 15 is 0 Å². The Morgan fingerprint density at radius 2 is 2.20 bits per heavy atom. The first-order valence-electron chi connectivity index (χ1n) is 4.87. The maximum absolute atomic E-state index is 11.9. The van der Waals surface area contributed by atoms with Gasteiger partial charge in [0.1, 0.15) is 0 Å². The number of nitrogens with zero attached hydrogens (tertiary/aromatic N) is 1. The normalized spacial score (nSPS) is 20.6. The monoisotopic (exact) mass is 207 g/mol. The molecule has 0 radical (unpaired) electrons. The number of amides is 1. The van der Waals surface area contributed by atoms with Crippen molar-refractivity contribution in [2.45, 2.75) is 12.6 Å². The van der Waals surface area contributed by atoms with Crippen LogP contribution in [0.25, 0.3) is 0 Å². The number of methoxy groups -OCH3 is 1. The van der Waals surface area contributed by atoms with Gasteiger partial charge in [-0.15, -0.1) is 0 Å². The Morgan fingerprint density at radius 1 is 1.47 bits per heavy atom. The predicted octanol–water partition coefficient (Wildman–Crippen LogP) is 1.44. The minimum Gasteiger partial charge on any atom is -0.359 e. The highest BCUT2D eigenvalue weighted by Crippen LogP contribution is 2.18. The summed E-state index contributed by atoms with van der Waals surface area (Å²) < 4.78 is 5.15. The molecule has 0 spiro atoms. The second kappa shape index (κ2) is 4.42. The molecular weight excluding hydrogens is 194 g/mol. The molecule has 0 aromatic heterocycles. The zero-order valence-electron chi connectivity index (χ0n) is 8.55. The van der Waals surface area contributed by atoms with Crippen molar-refractivity contribution < 1.29 is 14.4 Å². The van der Waals surface area contributed by atoms with E-state index in [1.807, 2.05) is 18.2 Å². The highest BCUT2D eigenvalue weighted by atomic mass is 16.7. The Hall–Kier alpha value is -1.39. The van der Waals surface area contributed by atoms with Gasteiger partial charge in [0.2, 0.25) is 0 Å². The van der Waals surface area contributed by atoms with Crippen LogP contribution in [0.1, 0.15) is 16.8 Å². The summed E-state index contributed by atoms with van der Waals surface area (Å²) in [6, 6.07) is 9.04. The summed E-state index contributed by atoms with van der Waals surface area (Å²) in [5.74, 6) is -0.153. The van der Waals surface area contributed by atoms with Crippen molar-refractivity contribution in [3.63, 3.8) is 0 Å². The van der Waals surface area contributed by atoms with Crippen LogP contribution in [0.5, 0.6) is 0 Å². The number of hydrogen-bond donors (Lipinski definition) is 0. The number of carbonyl (C=O) groups is 1. The highest BCUT2D eigenvalue weighted by Gasteiger charge is 2.30. The quantitative estimate of drug-likeness (QED) is 0.736. The van der Waals surface area contributed by atoms with Crippen LogP contribution in [0.15, 0.2) is 30.3 Å². The topological polar surface area (TPSA) is 38.8 Å². The third-order valence-electron chi connectivity index (χ3n) is 2.35. The Kier molecular flexibility index (Phi) is 2.99. The summed E-state index contributed by atoms with van der Waals surface area (Å²) in [6.07, 6.45) is 0.451. The predicted molar refractivity (Wildman–Crippen MR) is 54.0 cm³/mol. The molecule has 0 bridgehead atoms. The number of ether oxygens (including phenoxy) is 1. The van der Waals surface area contributed by atoms with E-state index in [4.69, 9.17) is 9.57 Å². The minimum atomic E-state index is -0.266. The van der Waals surface area contributed by atoms with Gasteiger partial charge in [-0.2, -0.15) is 5.06 Å². The first kappa shape index (κ1) is 10.1. The fourth-order valence-electron chi connectivity index (χ4n) is 1.56. The van der Waals surface area contributed by atoms with E-state index in [-0.39, 0.29) is 12.1 Å². The van der Waals surface area contributed by atoms with E-state index in [9.17, 15) is 4.79 Å². The first-order valence-corrected chi connectivity index (χ1v) is 4.87. The van der Waals surface area contributed by atoms with Crippen molar-refractivity contribution in [2.75, 3.05) is 13.7 Å². The molecule has 2 rings (SSSR count). The van der Waals surface area contributed by atoms with Crippen LogP contribution in [0, 0.1) is 0 Å². The number of carbonyl (C=O) groups excluding carboxylic acids is 1. The molecule has 4 nitrogen and oxygen atoms in total. The summed E-state index contributed by atoms with van der Waals surface area (Å²) in [5.41, 5.74) is 0.612. The van der Waals surface area contributed by atoms with E-state index in [0.29, 0.717) is 12.2 Å². The van der Waals surface area contributed by atoms with Gasteiger partial charge in [0, 0.05) is 19.1 Å². The van der Waals surface area contributed by atoms with Gasteiger partial charge in [-0.05, 0) is 12.1 Å². The molecule has 1 heterocycles. The Balaban J connectivity index is 2.14. The van der Waals surface area contributed by atoms with Crippen molar-refractivity contribution in [3.8, 4) is 0 Å². The Bertz CT molecular complexity index is 339. The molecule has 1 saturated heterocycles. The lowest BCUT2D eigenvalue weighted by atomic mass is 10.2. The lowest BCUT2D eigenvalue weighted by Crippen LogP contribution is -2.35. The molecule has 0 N–H and O–H groups in total. The maximum atomic E-state index is 11.9. The Labute approximate surface area is 88.4 Å². The van der Waals surface area contributed by atoms with Crippen molar-refractivity contribution in [1.82, 2.24) is 5.06 Å². The molecule has 1 aliphatic rings. The molecule has 0 saturated carbocycles. The van der Waals surface area contributed by atoms with Gasteiger partial charge >= 0.3 is 0 Å². The summed E-state index contributed by atoms with van der Waals surface area (Å²) in [6.45, 7) is 0.525. The van der Waals surface area contributed by atoms with E-state index in [0.717, 1.165) is 6.42 Å². The van der Waals surface area contributed by atoms with Gasteiger partial charge in [0.05, 0.1) is 6.61 Å². The maximum Gasteiger partial charge on any atom is 0.279 e. The van der Waals surface area contributed by atoms with Gasteiger partial charge in [0.25, 0.3) is 5.91 Å². The zero-order chi connectivity index (χ0) is 10.7. The molecule has 80 valence electrons. The van der Waals surface area contributed by atoms with Gasteiger partial charge in [0.15, 0.2) is 6.23 Å².